The van der Waals surface area contributed by atoms with Crippen LogP contribution in [0.15, 0.2) is 33.2 Å². The number of benzene rings is 1. The van der Waals surface area contributed by atoms with Gasteiger partial charge >= 0.3 is 0 Å². The second-order valence-corrected chi connectivity index (χ2v) is 5.27. The number of nitrogens with one attached hydrogen (secondary N) is 1. The Morgan fingerprint density at radius 1 is 1.39 bits per heavy atom. The van der Waals surface area contributed by atoms with Crippen molar-refractivity contribution in [2.24, 2.45) is 0 Å². The molecule has 1 N–H and O–H groups in total. The van der Waals surface area contributed by atoms with Crippen molar-refractivity contribution in [2.45, 2.75) is 0 Å². The quantitative estimate of drug-likeness (QED) is 0.943. The molecule has 1 heterocycles. The van der Waals surface area contributed by atoms with E-state index in [2.05, 4.69) is 21.2 Å². The SMILES string of the molecule is CN(C)CCNC(=O)c1cc2ccc(Br)cc2o1. The van der Waals surface area contributed by atoms with Crippen LogP contribution in [0.4, 0.5) is 0 Å². The van der Waals surface area contributed by atoms with Gasteiger partial charge in [0.2, 0.25) is 0 Å². The summed E-state index contributed by atoms with van der Waals surface area (Å²) in [5.74, 6) is 0.172. The average Bonchev–Trinajstić information content (AvgIpc) is 2.71. The van der Waals surface area contributed by atoms with Crippen molar-refractivity contribution in [2.75, 3.05) is 27.2 Å². The van der Waals surface area contributed by atoms with Gasteiger partial charge in [0.1, 0.15) is 5.58 Å². The van der Waals surface area contributed by atoms with E-state index in [0.29, 0.717) is 17.9 Å². The van der Waals surface area contributed by atoms with Crippen molar-refractivity contribution >= 4 is 32.8 Å². The summed E-state index contributed by atoms with van der Waals surface area (Å²) >= 11 is 3.37. The first kappa shape index (κ1) is 13.1. The Labute approximate surface area is 114 Å². The number of nitrogens with zero attached hydrogens (tertiary/aromatic N) is 1. The second-order valence-electron chi connectivity index (χ2n) is 4.35. The zero-order chi connectivity index (χ0) is 13.1. The smallest absolute Gasteiger partial charge is 0.287 e. The predicted molar refractivity (Wildman–Crippen MR) is 74.8 cm³/mol. The lowest BCUT2D eigenvalue weighted by atomic mass is 10.2. The van der Waals surface area contributed by atoms with E-state index in [0.717, 1.165) is 16.4 Å². The summed E-state index contributed by atoms with van der Waals surface area (Å²) in [7, 11) is 3.93. The van der Waals surface area contributed by atoms with Crippen LogP contribution < -0.4 is 5.32 Å². The molecule has 2 aromatic rings. The van der Waals surface area contributed by atoms with Crippen LogP contribution in [-0.2, 0) is 0 Å². The molecule has 4 nitrogen and oxygen atoms in total. The fourth-order valence-corrected chi connectivity index (χ4v) is 1.94. The summed E-state index contributed by atoms with van der Waals surface area (Å²) in [5.41, 5.74) is 0.710. The van der Waals surface area contributed by atoms with E-state index in [1.54, 1.807) is 6.07 Å². The topological polar surface area (TPSA) is 45.5 Å². The van der Waals surface area contributed by atoms with Crippen molar-refractivity contribution in [1.29, 1.82) is 0 Å². The molecule has 5 heteroatoms. The van der Waals surface area contributed by atoms with Crippen LogP contribution in [-0.4, -0.2) is 38.0 Å². The maximum absolute atomic E-state index is 11.8. The van der Waals surface area contributed by atoms with Gasteiger partial charge in [-0.3, -0.25) is 4.79 Å². The number of likely N-dealkylation sites (N-methyl/N-ethyl adjacent to an activating group) is 1. The molecule has 0 unspecified atom stereocenters. The molecule has 2 rings (SSSR count). The number of halogens is 1. The lowest BCUT2D eigenvalue weighted by Gasteiger charge is -2.09. The molecule has 0 saturated carbocycles. The van der Waals surface area contributed by atoms with Gasteiger partial charge in [-0.2, -0.15) is 0 Å². The molecule has 0 aliphatic heterocycles. The summed E-state index contributed by atoms with van der Waals surface area (Å²) in [4.78, 5) is 13.9. The van der Waals surface area contributed by atoms with E-state index in [-0.39, 0.29) is 5.91 Å². The van der Waals surface area contributed by atoms with E-state index >= 15 is 0 Å². The standard InChI is InChI=1S/C13H15BrN2O2/c1-16(2)6-5-15-13(17)12-7-9-3-4-10(14)8-11(9)18-12/h3-4,7-8H,5-6H2,1-2H3,(H,15,17). The predicted octanol–water partition coefficient (Wildman–Crippen LogP) is 2.49. The van der Waals surface area contributed by atoms with Crippen LogP contribution in [0, 0.1) is 0 Å². The van der Waals surface area contributed by atoms with Gasteiger partial charge in [0, 0.05) is 22.9 Å². The highest BCUT2D eigenvalue weighted by molar-refractivity contribution is 9.10. The third kappa shape index (κ3) is 3.11. The fraction of sp³-hybridized carbons (Fsp3) is 0.308. The highest BCUT2D eigenvalue weighted by Gasteiger charge is 2.11. The Hall–Kier alpha value is -1.33. The number of hydrogen-bond donors (Lipinski definition) is 1. The molecule has 0 aliphatic carbocycles. The normalized spacial score (nSPS) is 11.1. The lowest BCUT2D eigenvalue weighted by molar-refractivity contribution is 0.0925. The molecule has 0 aliphatic rings. The van der Waals surface area contributed by atoms with Crippen LogP contribution in [0.1, 0.15) is 10.6 Å². The highest BCUT2D eigenvalue weighted by Crippen LogP contribution is 2.23. The zero-order valence-electron chi connectivity index (χ0n) is 10.4. The number of carbonyl (C=O) groups excluding carboxylic acids is 1. The highest BCUT2D eigenvalue weighted by atomic mass is 79.9. The summed E-state index contributed by atoms with van der Waals surface area (Å²) in [6.45, 7) is 1.41. The minimum atomic E-state index is -0.177. The van der Waals surface area contributed by atoms with Gasteiger partial charge < -0.3 is 14.6 Å². The molecule has 18 heavy (non-hydrogen) atoms. The zero-order valence-corrected chi connectivity index (χ0v) is 12.0. The van der Waals surface area contributed by atoms with E-state index in [1.807, 2.05) is 37.2 Å². The summed E-state index contributed by atoms with van der Waals surface area (Å²) in [5, 5.41) is 3.75. The van der Waals surface area contributed by atoms with Gasteiger partial charge in [-0.15, -0.1) is 0 Å². The number of furan rings is 1. The van der Waals surface area contributed by atoms with Crippen LogP contribution in [0.2, 0.25) is 0 Å². The van der Waals surface area contributed by atoms with Crippen molar-refractivity contribution in [3.8, 4) is 0 Å². The fourth-order valence-electron chi connectivity index (χ4n) is 1.60. The number of hydrogen-bond acceptors (Lipinski definition) is 3. The molecule has 0 atom stereocenters. The molecule has 0 saturated heterocycles. The van der Waals surface area contributed by atoms with Crippen molar-refractivity contribution < 1.29 is 9.21 Å². The van der Waals surface area contributed by atoms with Crippen LogP contribution in [0.25, 0.3) is 11.0 Å². The Bertz CT molecular complexity index is 563. The summed E-state index contributed by atoms with van der Waals surface area (Å²) < 4.78 is 6.45. The van der Waals surface area contributed by atoms with Gasteiger partial charge in [0.25, 0.3) is 5.91 Å². The lowest BCUT2D eigenvalue weighted by Crippen LogP contribution is -2.31. The molecule has 1 aromatic heterocycles. The Morgan fingerprint density at radius 3 is 2.89 bits per heavy atom. The van der Waals surface area contributed by atoms with E-state index in [4.69, 9.17) is 4.42 Å². The van der Waals surface area contributed by atoms with Crippen LogP contribution >= 0.6 is 15.9 Å². The molecule has 96 valence electrons. The number of amides is 1. The van der Waals surface area contributed by atoms with Gasteiger partial charge in [0.15, 0.2) is 5.76 Å². The van der Waals surface area contributed by atoms with Gasteiger partial charge in [-0.05, 0) is 38.4 Å². The van der Waals surface area contributed by atoms with Gasteiger partial charge in [-0.1, -0.05) is 15.9 Å². The Morgan fingerprint density at radius 2 is 2.17 bits per heavy atom. The number of fused-ring (bicyclic) bond motifs is 1. The summed E-state index contributed by atoms with van der Waals surface area (Å²) in [6, 6.07) is 7.45. The molecule has 1 amide bonds. The molecule has 0 bridgehead atoms. The molecule has 0 radical (unpaired) electrons. The van der Waals surface area contributed by atoms with Crippen molar-refractivity contribution in [3.05, 3.63) is 34.5 Å². The number of rotatable bonds is 4. The molecular weight excluding hydrogens is 296 g/mol. The largest absolute Gasteiger partial charge is 0.451 e. The van der Waals surface area contributed by atoms with Crippen LogP contribution in [0.5, 0.6) is 0 Å². The van der Waals surface area contributed by atoms with Crippen LogP contribution in [0.3, 0.4) is 0 Å². The Balaban J connectivity index is 2.08. The second kappa shape index (κ2) is 5.54. The number of carbonyl (C=O) groups is 1. The monoisotopic (exact) mass is 310 g/mol. The molecule has 1 aromatic carbocycles. The third-order valence-electron chi connectivity index (χ3n) is 2.55. The molecular formula is C13H15BrN2O2. The van der Waals surface area contributed by atoms with E-state index in [9.17, 15) is 4.79 Å². The van der Waals surface area contributed by atoms with Gasteiger partial charge in [-0.25, -0.2) is 0 Å². The van der Waals surface area contributed by atoms with E-state index in [1.165, 1.54) is 0 Å². The molecule has 0 fully saturated rings. The Kier molecular flexibility index (Phi) is 4.04. The van der Waals surface area contributed by atoms with Gasteiger partial charge in [0.05, 0.1) is 0 Å². The third-order valence-corrected chi connectivity index (χ3v) is 3.04. The van der Waals surface area contributed by atoms with Crippen molar-refractivity contribution in [3.63, 3.8) is 0 Å². The summed E-state index contributed by atoms with van der Waals surface area (Å²) in [6.07, 6.45) is 0. The van der Waals surface area contributed by atoms with E-state index < -0.39 is 0 Å². The molecule has 0 spiro atoms. The maximum Gasteiger partial charge on any atom is 0.287 e. The minimum Gasteiger partial charge on any atom is -0.451 e. The first-order valence-electron chi connectivity index (χ1n) is 5.68. The minimum absolute atomic E-state index is 0.177. The maximum atomic E-state index is 11.8. The first-order chi connectivity index (χ1) is 8.56. The average molecular weight is 311 g/mol. The first-order valence-corrected chi connectivity index (χ1v) is 6.47. The van der Waals surface area contributed by atoms with Crippen molar-refractivity contribution in [1.82, 2.24) is 10.2 Å².